The van der Waals surface area contributed by atoms with Crippen LogP contribution in [0.5, 0.6) is 0 Å². The first-order valence-electron chi connectivity index (χ1n) is 7.94. The SMILES string of the molecule is O=C(Nc1cc2cccc3oc4cccc1c4c23)c1ccc(Cl)cc1. The highest BCUT2D eigenvalue weighted by Crippen LogP contribution is 2.40. The van der Waals surface area contributed by atoms with E-state index in [1.807, 2.05) is 42.5 Å². The van der Waals surface area contributed by atoms with Crippen molar-refractivity contribution in [2.45, 2.75) is 0 Å². The molecule has 0 spiro atoms. The summed E-state index contributed by atoms with van der Waals surface area (Å²) in [5.41, 5.74) is 3.02. The number of nitrogens with one attached hydrogen (secondary N) is 1. The summed E-state index contributed by atoms with van der Waals surface area (Å²) in [7, 11) is 0. The predicted octanol–water partition coefficient (Wildman–Crippen LogP) is 6.08. The molecule has 25 heavy (non-hydrogen) atoms. The fourth-order valence-electron chi connectivity index (χ4n) is 3.37. The van der Waals surface area contributed by atoms with Crippen LogP contribution in [0.2, 0.25) is 5.02 Å². The molecule has 0 aliphatic heterocycles. The molecule has 0 aliphatic carbocycles. The monoisotopic (exact) mass is 345 g/mol. The van der Waals surface area contributed by atoms with Gasteiger partial charge in [0, 0.05) is 32.4 Å². The average molecular weight is 346 g/mol. The largest absolute Gasteiger partial charge is 0.456 e. The van der Waals surface area contributed by atoms with Crippen LogP contribution in [0.25, 0.3) is 32.7 Å². The first kappa shape index (κ1) is 14.3. The molecule has 4 heteroatoms. The molecule has 120 valence electrons. The lowest BCUT2D eigenvalue weighted by atomic mass is 10.00. The zero-order chi connectivity index (χ0) is 17.0. The summed E-state index contributed by atoms with van der Waals surface area (Å²) < 4.78 is 5.94. The fraction of sp³-hybridized carbons (Fsp3) is 0. The molecule has 3 nitrogen and oxygen atoms in total. The van der Waals surface area contributed by atoms with Gasteiger partial charge in [0.25, 0.3) is 5.91 Å². The van der Waals surface area contributed by atoms with Crippen molar-refractivity contribution in [3.8, 4) is 0 Å². The minimum absolute atomic E-state index is 0.168. The summed E-state index contributed by atoms with van der Waals surface area (Å²) in [6, 6.07) is 20.7. The van der Waals surface area contributed by atoms with Gasteiger partial charge < -0.3 is 9.73 Å². The molecule has 0 saturated heterocycles. The van der Waals surface area contributed by atoms with E-state index in [9.17, 15) is 4.79 Å². The van der Waals surface area contributed by atoms with E-state index in [1.54, 1.807) is 24.3 Å². The van der Waals surface area contributed by atoms with Crippen molar-refractivity contribution in [1.29, 1.82) is 0 Å². The van der Waals surface area contributed by atoms with Crippen LogP contribution in [-0.4, -0.2) is 5.91 Å². The number of amides is 1. The highest BCUT2D eigenvalue weighted by molar-refractivity contribution is 6.30. The molecular weight excluding hydrogens is 334 g/mol. The maximum Gasteiger partial charge on any atom is 0.255 e. The van der Waals surface area contributed by atoms with Crippen LogP contribution in [0.1, 0.15) is 10.4 Å². The Hall–Kier alpha value is -3.04. The molecule has 0 fully saturated rings. The first-order valence-corrected chi connectivity index (χ1v) is 8.32. The Labute approximate surface area is 148 Å². The van der Waals surface area contributed by atoms with E-state index in [4.69, 9.17) is 16.0 Å². The molecule has 1 amide bonds. The molecular formula is C21H12ClNO2. The van der Waals surface area contributed by atoms with E-state index in [0.717, 1.165) is 38.4 Å². The predicted molar refractivity (Wildman–Crippen MR) is 102 cm³/mol. The van der Waals surface area contributed by atoms with Crippen molar-refractivity contribution in [2.75, 3.05) is 5.32 Å². The summed E-state index contributed by atoms with van der Waals surface area (Å²) in [6.45, 7) is 0. The molecule has 0 aliphatic rings. The van der Waals surface area contributed by atoms with Gasteiger partial charge in [0.15, 0.2) is 0 Å². The third kappa shape index (κ3) is 2.17. The minimum atomic E-state index is -0.168. The number of benzene rings is 4. The molecule has 4 aromatic carbocycles. The van der Waals surface area contributed by atoms with Crippen molar-refractivity contribution in [3.63, 3.8) is 0 Å². The number of hydrogen-bond acceptors (Lipinski definition) is 2. The number of hydrogen-bond donors (Lipinski definition) is 1. The number of anilines is 1. The van der Waals surface area contributed by atoms with E-state index >= 15 is 0 Å². The molecule has 1 aromatic heterocycles. The molecule has 0 bridgehead atoms. The van der Waals surface area contributed by atoms with Gasteiger partial charge in [0.05, 0.1) is 0 Å². The lowest BCUT2D eigenvalue weighted by Crippen LogP contribution is -2.12. The van der Waals surface area contributed by atoms with Crippen LogP contribution in [-0.2, 0) is 0 Å². The van der Waals surface area contributed by atoms with Crippen LogP contribution in [0.15, 0.2) is 71.1 Å². The molecule has 0 radical (unpaired) electrons. The average Bonchev–Trinajstić information content (AvgIpc) is 3.01. The van der Waals surface area contributed by atoms with E-state index < -0.39 is 0 Å². The maximum atomic E-state index is 12.6. The normalized spacial score (nSPS) is 11.6. The van der Waals surface area contributed by atoms with Crippen LogP contribution in [0.4, 0.5) is 5.69 Å². The highest BCUT2D eigenvalue weighted by atomic mass is 35.5. The Morgan fingerprint density at radius 1 is 0.880 bits per heavy atom. The fourth-order valence-corrected chi connectivity index (χ4v) is 3.50. The summed E-state index contributed by atoms with van der Waals surface area (Å²) in [4.78, 5) is 12.6. The highest BCUT2D eigenvalue weighted by Gasteiger charge is 2.17. The second-order valence-corrected chi connectivity index (χ2v) is 6.46. The molecule has 1 heterocycles. The molecule has 5 rings (SSSR count). The summed E-state index contributed by atoms with van der Waals surface area (Å²) >= 11 is 5.90. The van der Waals surface area contributed by atoms with Crippen molar-refractivity contribution in [2.24, 2.45) is 0 Å². The smallest absolute Gasteiger partial charge is 0.255 e. The second kappa shape index (κ2) is 5.23. The Bertz CT molecular complexity index is 1240. The summed E-state index contributed by atoms with van der Waals surface area (Å²) in [5, 5.41) is 7.78. The van der Waals surface area contributed by atoms with Gasteiger partial charge in [-0.2, -0.15) is 0 Å². The van der Waals surface area contributed by atoms with E-state index in [-0.39, 0.29) is 5.91 Å². The molecule has 0 unspecified atom stereocenters. The minimum Gasteiger partial charge on any atom is -0.456 e. The summed E-state index contributed by atoms with van der Waals surface area (Å²) in [5.74, 6) is -0.168. The van der Waals surface area contributed by atoms with Crippen molar-refractivity contribution in [3.05, 3.63) is 77.3 Å². The second-order valence-electron chi connectivity index (χ2n) is 6.02. The van der Waals surface area contributed by atoms with Gasteiger partial charge in [0.2, 0.25) is 0 Å². The standard InChI is InChI=1S/C21H12ClNO2/c22-14-9-7-12(8-10-14)21(24)23-16-11-13-3-1-5-17-19(13)20-15(16)4-2-6-18(20)25-17/h1-11H,(H,23,24). The quantitative estimate of drug-likeness (QED) is 0.394. The van der Waals surface area contributed by atoms with E-state index in [1.165, 1.54) is 0 Å². The van der Waals surface area contributed by atoms with Crippen molar-refractivity contribution >= 4 is 55.9 Å². The Morgan fingerprint density at radius 3 is 2.40 bits per heavy atom. The zero-order valence-electron chi connectivity index (χ0n) is 13.0. The lowest BCUT2D eigenvalue weighted by Gasteiger charge is -2.10. The molecule has 1 N–H and O–H groups in total. The maximum absolute atomic E-state index is 12.6. The van der Waals surface area contributed by atoms with E-state index in [0.29, 0.717) is 10.6 Å². The molecule has 5 aromatic rings. The van der Waals surface area contributed by atoms with Crippen LogP contribution in [0, 0.1) is 0 Å². The van der Waals surface area contributed by atoms with Gasteiger partial charge in [-0.25, -0.2) is 0 Å². The van der Waals surface area contributed by atoms with Crippen LogP contribution in [0.3, 0.4) is 0 Å². The van der Waals surface area contributed by atoms with Gasteiger partial charge >= 0.3 is 0 Å². The van der Waals surface area contributed by atoms with E-state index in [2.05, 4.69) is 5.32 Å². The number of furan rings is 1. The number of carbonyl (C=O) groups is 1. The van der Waals surface area contributed by atoms with Crippen LogP contribution < -0.4 is 5.32 Å². The van der Waals surface area contributed by atoms with Gasteiger partial charge in [-0.1, -0.05) is 35.9 Å². The van der Waals surface area contributed by atoms with Gasteiger partial charge in [-0.3, -0.25) is 4.79 Å². The van der Waals surface area contributed by atoms with Crippen molar-refractivity contribution < 1.29 is 9.21 Å². The Kier molecular flexibility index (Phi) is 2.99. The first-order chi connectivity index (χ1) is 12.2. The van der Waals surface area contributed by atoms with Crippen molar-refractivity contribution in [1.82, 2.24) is 0 Å². The van der Waals surface area contributed by atoms with Crippen LogP contribution >= 0.6 is 11.6 Å². The van der Waals surface area contributed by atoms with Gasteiger partial charge in [-0.15, -0.1) is 0 Å². The third-order valence-corrected chi connectivity index (χ3v) is 4.75. The molecule has 0 atom stereocenters. The Morgan fingerprint density at radius 2 is 1.60 bits per heavy atom. The zero-order valence-corrected chi connectivity index (χ0v) is 13.8. The number of carbonyl (C=O) groups excluding carboxylic acids is 1. The molecule has 0 saturated carbocycles. The lowest BCUT2D eigenvalue weighted by molar-refractivity contribution is 0.102. The number of rotatable bonds is 2. The third-order valence-electron chi connectivity index (χ3n) is 4.50. The summed E-state index contributed by atoms with van der Waals surface area (Å²) in [6.07, 6.45) is 0. The van der Waals surface area contributed by atoms with Gasteiger partial charge in [-0.05, 0) is 47.9 Å². The number of halogens is 1. The van der Waals surface area contributed by atoms with Gasteiger partial charge in [0.1, 0.15) is 11.2 Å². The Balaban J connectivity index is 1.70. The topological polar surface area (TPSA) is 42.2 Å².